The van der Waals surface area contributed by atoms with Gasteiger partial charge in [-0.3, -0.25) is 9.63 Å². The average molecular weight is 403 g/mol. The molecule has 6 nitrogen and oxygen atoms in total. The lowest BCUT2D eigenvalue weighted by molar-refractivity contribution is -0.165. The Hall–Kier alpha value is -2.57. The van der Waals surface area contributed by atoms with Crippen LogP contribution in [0.1, 0.15) is 48.3 Å². The molecule has 2 aromatic rings. The summed E-state index contributed by atoms with van der Waals surface area (Å²) in [5.74, 6) is -0.266. The predicted octanol–water partition coefficient (Wildman–Crippen LogP) is 4.49. The molecule has 0 aliphatic carbocycles. The van der Waals surface area contributed by atoms with Crippen LogP contribution in [-0.4, -0.2) is 29.2 Å². The first-order valence-corrected chi connectivity index (χ1v) is 9.39. The van der Waals surface area contributed by atoms with Crippen LogP contribution in [0.15, 0.2) is 48.5 Å². The fraction of sp³-hybridized carbons (Fsp3) is 0.333. The molecule has 0 aromatic heterocycles. The van der Waals surface area contributed by atoms with Crippen LogP contribution in [0.25, 0.3) is 0 Å². The van der Waals surface area contributed by atoms with E-state index in [-0.39, 0.29) is 19.1 Å². The lowest BCUT2D eigenvalue weighted by atomic mass is 10.0. The lowest BCUT2D eigenvalue weighted by Crippen LogP contribution is -2.44. The van der Waals surface area contributed by atoms with E-state index in [1.807, 2.05) is 24.3 Å². The van der Waals surface area contributed by atoms with Crippen LogP contribution in [0.3, 0.4) is 0 Å². The van der Waals surface area contributed by atoms with E-state index >= 15 is 0 Å². The highest BCUT2D eigenvalue weighted by Crippen LogP contribution is 2.29. The molecule has 1 heterocycles. The third kappa shape index (κ3) is 4.82. The first kappa shape index (κ1) is 20.2. The molecule has 3 rings (SSSR count). The number of hydrogen-bond donors (Lipinski definition) is 1. The Morgan fingerprint density at radius 1 is 1.25 bits per heavy atom. The van der Waals surface area contributed by atoms with Crippen molar-refractivity contribution < 1.29 is 19.2 Å². The number of nitrogens with one attached hydrogen (secondary N) is 1. The van der Waals surface area contributed by atoms with E-state index < -0.39 is 17.7 Å². The predicted molar refractivity (Wildman–Crippen MR) is 106 cm³/mol. The van der Waals surface area contributed by atoms with Gasteiger partial charge in [-0.1, -0.05) is 41.9 Å². The van der Waals surface area contributed by atoms with E-state index in [1.165, 1.54) is 5.06 Å². The number of benzene rings is 2. The Kier molecular flexibility index (Phi) is 5.91. The van der Waals surface area contributed by atoms with Gasteiger partial charge in [-0.05, 0) is 50.1 Å². The highest BCUT2D eigenvalue weighted by Gasteiger charge is 2.33. The minimum absolute atomic E-state index is 0.114. The van der Waals surface area contributed by atoms with Gasteiger partial charge in [0, 0.05) is 17.1 Å². The largest absolute Gasteiger partial charge is 0.444 e. The van der Waals surface area contributed by atoms with E-state index in [0.29, 0.717) is 10.6 Å². The third-order valence-corrected chi connectivity index (χ3v) is 4.40. The number of carbonyl (C=O) groups excluding carboxylic acids is 2. The lowest BCUT2D eigenvalue weighted by Gasteiger charge is -2.34. The molecule has 0 saturated carbocycles. The van der Waals surface area contributed by atoms with Crippen molar-refractivity contribution in [3.8, 4) is 0 Å². The Bertz CT molecular complexity index is 879. The maximum absolute atomic E-state index is 13.0. The van der Waals surface area contributed by atoms with Gasteiger partial charge in [0.05, 0.1) is 0 Å². The number of carbonyl (C=O) groups is 2. The number of ether oxygens (including phenoxy) is 1. The summed E-state index contributed by atoms with van der Waals surface area (Å²) in [6.07, 6.45) is -0.565. The van der Waals surface area contributed by atoms with Crippen molar-refractivity contribution in [2.45, 2.75) is 39.0 Å². The monoisotopic (exact) mass is 402 g/mol. The zero-order valence-electron chi connectivity index (χ0n) is 16.1. The Balaban J connectivity index is 1.85. The third-order valence-electron chi connectivity index (χ3n) is 4.16. The number of rotatable bonds is 4. The summed E-state index contributed by atoms with van der Waals surface area (Å²) in [6.45, 7) is 5.74. The quantitative estimate of drug-likeness (QED) is 0.817. The SMILES string of the molecule is CC(C)(C)OC(=O)NCC(c1cccc(Cl)c1)N1OCc2ccccc2C1=O. The Morgan fingerprint density at radius 3 is 2.71 bits per heavy atom. The van der Waals surface area contributed by atoms with E-state index in [9.17, 15) is 9.59 Å². The molecule has 1 unspecified atom stereocenters. The van der Waals surface area contributed by atoms with Gasteiger partial charge in [-0.15, -0.1) is 0 Å². The molecule has 2 aromatic carbocycles. The molecule has 1 atom stereocenters. The Morgan fingerprint density at radius 2 is 2.00 bits per heavy atom. The highest BCUT2D eigenvalue weighted by molar-refractivity contribution is 6.30. The fourth-order valence-electron chi connectivity index (χ4n) is 2.95. The van der Waals surface area contributed by atoms with Crippen molar-refractivity contribution in [3.05, 3.63) is 70.2 Å². The van der Waals surface area contributed by atoms with Crippen molar-refractivity contribution in [2.24, 2.45) is 0 Å². The van der Waals surface area contributed by atoms with Crippen LogP contribution in [0.2, 0.25) is 5.02 Å². The summed E-state index contributed by atoms with van der Waals surface area (Å²) in [4.78, 5) is 30.9. The van der Waals surface area contributed by atoms with Crippen LogP contribution in [-0.2, 0) is 16.2 Å². The van der Waals surface area contributed by atoms with Crippen LogP contribution in [0.5, 0.6) is 0 Å². The van der Waals surface area contributed by atoms with Crippen molar-refractivity contribution in [1.82, 2.24) is 10.4 Å². The van der Waals surface area contributed by atoms with Gasteiger partial charge in [0.2, 0.25) is 0 Å². The van der Waals surface area contributed by atoms with Crippen LogP contribution < -0.4 is 5.32 Å². The number of alkyl carbamates (subject to hydrolysis) is 1. The van der Waals surface area contributed by atoms with Gasteiger partial charge < -0.3 is 10.1 Å². The van der Waals surface area contributed by atoms with Crippen molar-refractivity contribution in [2.75, 3.05) is 6.54 Å². The molecule has 1 N–H and O–H groups in total. The standard InChI is InChI=1S/C21H23ClN2O4/c1-21(2,3)28-20(26)23-12-18(14-8-6-9-16(22)11-14)24-19(25)17-10-5-4-7-15(17)13-27-24/h4-11,18H,12-13H2,1-3H3,(H,23,26). The van der Waals surface area contributed by atoms with Gasteiger partial charge in [0.1, 0.15) is 18.2 Å². The second kappa shape index (κ2) is 8.20. The summed E-state index contributed by atoms with van der Waals surface area (Å²) in [7, 11) is 0. The molecule has 148 valence electrons. The molecule has 1 aliphatic rings. The summed E-state index contributed by atoms with van der Waals surface area (Å²) < 4.78 is 5.30. The van der Waals surface area contributed by atoms with Gasteiger partial charge in [0.25, 0.3) is 5.91 Å². The first-order chi connectivity index (χ1) is 13.2. The number of nitrogens with zero attached hydrogens (tertiary/aromatic N) is 1. The molecule has 0 bridgehead atoms. The molecule has 1 aliphatic heterocycles. The van der Waals surface area contributed by atoms with Crippen LogP contribution >= 0.6 is 11.6 Å². The Labute approximate surface area is 169 Å². The van der Waals surface area contributed by atoms with E-state index in [4.69, 9.17) is 21.2 Å². The molecule has 0 saturated heterocycles. The number of fused-ring (bicyclic) bond motifs is 1. The van der Waals surface area contributed by atoms with Gasteiger partial charge in [-0.2, -0.15) is 0 Å². The second-order valence-corrected chi connectivity index (χ2v) is 7.95. The van der Waals surface area contributed by atoms with E-state index in [1.54, 1.807) is 45.0 Å². The number of hydroxylamine groups is 2. The molecular formula is C21H23ClN2O4. The summed E-state index contributed by atoms with van der Waals surface area (Å²) in [5.41, 5.74) is 1.54. The maximum atomic E-state index is 13.0. The maximum Gasteiger partial charge on any atom is 0.407 e. The second-order valence-electron chi connectivity index (χ2n) is 7.52. The van der Waals surface area contributed by atoms with Crippen LogP contribution in [0.4, 0.5) is 4.79 Å². The minimum Gasteiger partial charge on any atom is -0.444 e. The molecule has 28 heavy (non-hydrogen) atoms. The summed E-state index contributed by atoms with van der Waals surface area (Å²) >= 11 is 6.14. The van der Waals surface area contributed by atoms with Crippen molar-refractivity contribution >= 4 is 23.6 Å². The minimum atomic E-state index is -0.619. The van der Waals surface area contributed by atoms with Gasteiger partial charge >= 0.3 is 6.09 Å². The summed E-state index contributed by atoms with van der Waals surface area (Å²) in [6, 6.07) is 13.9. The van der Waals surface area contributed by atoms with E-state index in [2.05, 4.69) is 5.32 Å². The van der Waals surface area contributed by atoms with Gasteiger partial charge in [0.15, 0.2) is 0 Å². The molecule has 0 fully saturated rings. The smallest absolute Gasteiger partial charge is 0.407 e. The highest BCUT2D eigenvalue weighted by atomic mass is 35.5. The molecule has 0 radical (unpaired) electrons. The molecule has 0 spiro atoms. The van der Waals surface area contributed by atoms with Gasteiger partial charge in [-0.25, -0.2) is 9.86 Å². The molecule has 2 amide bonds. The molecular weight excluding hydrogens is 380 g/mol. The number of amides is 2. The van der Waals surface area contributed by atoms with Crippen molar-refractivity contribution in [1.29, 1.82) is 0 Å². The van der Waals surface area contributed by atoms with Crippen molar-refractivity contribution in [3.63, 3.8) is 0 Å². The first-order valence-electron chi connectivity index (χ1n) is 9.01. The number of halogens is 1. The van der Waals surface area contributed by atoms with E-state index in [0.717, 1.165) is 11.1 Å². The van der Waals surface area contributed by atoms with Crippen LogP contribution in [0, 0.1) is 0 Å². The average Bonchev–Trinajstić information content (AvgIpc) is 2.62. The topological polar surface area (TPSA) is 67.9 Å². The summed E-state index contributed by atoms with van der Waals surface area (Å²) in [5, 5.41) is 4.55. The zero-order chi connectivity index (χ0) is 20.3. The zero-order valence-corrected chi connectivity index (χ0v) is 16.8. The molecule has 7 heteroatoms. The number of hydrogen-bond acceptors (Lipinski definition) is 4. The fourth-order valence-corrected chi connectivity index (χ4v) is 3.15. The normalized spacial score (nSPS) is 15.0.